The Kier molecular flexibility index (Phi) is 6.56. The van der Waals surface area contributed by atoms with Crippen LogP contribution in [0, 0.1) is 13.8 Å². The predicted octanol–water partition coefficient (Wildman–Crippen LogP) is 6.65. The van der Waals surface area contributed by atoms with Crippen LogP contribution in [0.25, 0.3) is 10.2 Å². The van der Waals surface area contributed by atoms with Crippen molar-refractivity contribution in [1.29, 1.82) is 0 Å². The number of carbonyl (C=O) groups excluding carboxylic acids is 1. The van der Waals surface area contributed by atoms with Crippen molar-refractivity contribution in [2.75, 3.05) is 11.5 Å². The summed E-state index contributed by atoms with van der Waals surface area (Å²) in [6.45, 7) is 8.88. The summed E-state index contributed by atoms with van der Waals surface area (Å²) < 4.78 is 6.93. The lowest BCUT2D eigenvalue weighted by atomic mass is 10.0. The molecule has 0 N–H and O–H groups in total. The van der Waals surface area contributed by atoms with Gasteiger partial charge in [0.2, 0.25) is 0 Å². The summed E-state index contributed by atoms with van der Waals surface area (Å²) in [7, 11) is 0. The standard InChI is InChI=1S/C27H28N2O2S/c1-18(2)22-11-13-23(14-12-22)31-17-25(30)29(16-21-8-6-5-7-9-21)27-28-26-20(4)19(3)10-15-24(26)32-27/h5-15,18H,16-17H2,1-4H3. The van der Waals surface area contributed by atoms with Crippen molar-refractivity contribution in [1.82, 2.24) is 4.98 Å². The zero-order valence-corrected chi connectivity index (χ0v) is 19.8. The van der Waals surface area contributed by atoms with Crippen molar-refractivity contribution in [3.63, 3.8) is 0 Å². The number of hydrogen-bond acceptors (Lipinski definition) is 4. The van der Waals surface area contributed by atoms with E-state index in [1.165, 1.54) is 11.1 Å². The summed E-state index contributed by atoms with van der Waals surface area (Å²) in [5, 5.41) is 0.696. The summed E-state index contributed by atoms with van der Waals surface area (Å²) in [4.78, 5) is 19.9. The minimum atomic E-state index is -0.116. The molecule has 4 aromatic rings. The summed E-state index contributed by atoms with van der Waals surface area (Å²) >= 11 is 1.54. The van der Waals surface area contributed by atoms with E-state index in [0.29, 0.717) is 23.3 Å². The molecule has 4 nitrogen and oxygen atoms in total. The van der Waals surface area contributed by atoms with Crippen molar-refractivity contribution in [3.05, 3.63) is 89.0 Å². The van der Waals surface area contributed by atoms with Gasteiger partial charge in [0.15, 0.2) is 11.7 Å². The first-order chi connectivity index (χ1) is 15.4. The topological polar surface area (TPSA) is 42.4 Å². The molecule has 0 saturated heterocycles. The molecule has 4 rings (SSSR count). The molecule has 0 aliphatic carbocycles. The van der Waals surface area contributed by atoms with Crippen LogP contribution < -0.4 is 9.64 Å². The molecule has 0 radical (unpaired) electrons. The van der Waals surface area contributed by atoms with Crippen LogP contribution in [-0.4, -0.2) is 17.5 Å². The lowest BCUT2D eigenvalue weighted by molar-refractivity contribution is -0.120. The molecule has 0 aliphatic heterocycles. The number of anilines is 1. The number of nitrogens with zero attached hydrogens (tertiary/aromatic N) is 2. The minimum Gasteiger partial charge on any atom is -0.484 e. The van der Waals surface area contributed by atoms with Crippen molar-refractivity contribution in [3.8, 4) is 5.75 Å². The van der Waals surface area contributed by atoms with E-state index in [9.17, 15) is 4.79 Å². The molecule has 0 saturated carbocycles. The fourth-order valence-electron chi connectivity index (χ4n) is 3.53. The highest BCUT2D eigenvalue weighted by atomic mass is 32.1. The Hall–Kier alpha value is -3.18. The Bertz CT molecular complexity index is 1210. The quantitative estimate of drug-likeness (QED) is 0.320. The van der Waals surface area contributed by atoms with Crippen LogP contribution in [0.2, 0.25) is 0 Å². The van der Waals surface area contributed by atoms with Gasteiger partial charge in [-0.25, -0.2) is 4.98 Å². The smallest absolute Gasteiger partial charge is 0.267 e. The number of ether oxygens (including phenoxy) is 1. The number of fused-ring (bicyclic) bond motifs is 1. The zero-order valence-electron chi connectivity index (χ0n) is 19.0. The fraction of sp³-hybridized carbons (Fsp3) is 0.259. The monoisotopic (exact) mass is 444 g/mol. The van der Waals surface area contributed by atoms with Gasteiger partial charge in [-0.3, -0.25) is 9.69 Å². The van der Waals surface area contributed by atoms with Gasteiger partial charge in [-0.05, 0) is 60.2 Å². The predicted molar refractivity (Wildman–Crippen MR) is 133 cm³/mol. The third-order valence-corrected chi connectivity index (χ3v) is 6.74. The van der Waals surface area contributed by atoms with E-state index in [2.05, 4.69) is 39.8 Å². The summed E-state index contributed by atoms with van der Waals surface area (Å²) in [6.07, 6.45) is 0. The maximum Gasteiger partial charge on any atom is 0.267 e. The second-order valence-electron chi connectivity index (χ2n) is 8.33. The van der Waals surface area contributed by atoms with Gasteiger partial charge in [0, 0.05) is 0 Å². The van der Waals surface area contributed by atoms with Gasteiger partial charge in [0.05, 0.1) is 16.8 Å². The van der Waals surface area contributed by atoms with E-state index < -0.39 is 0 Å². The highest BCUT2D eigenvalue weighted by Gasteiger charge is 2.21. The number of carbonyl (C=O) groups is 1. The van der Waals surface area contributed by atoms with E-state index >= 15 is 0 Å². The fourth-order valence-corrected chi connectivity index (χ4v) is 4.57. The third-order valence-electron chi connectivity index (χ3n) is 5.70. The molecule has 164 valence electrons. The number of benzene rings is 3. The van der Waals surface area contributed by atoms with Crippen molar-refractivity contribution in [2.24, 2.45) is 0 Å². The van der Waals surface area contributed by atoms with E-state index in [1.54, 1.807) is 16.2 Å². The number of rotatable bonds is 7. The van der Waals surface area contributed by atoms with Gasteiger partial charge >= 0.3 is 0 Å². The molecule has 32 heavy (non-hydrogen) atoms. The number of hydrogen-bond donors (Lipinski definition) is 0. The summed E-state index contributed by atoms with van der Waals surface area (Å²) in [6, 6.07) is 22.1. The molecule has 0 fully saturated rings. The molecule has 3 aromatic carbocycles. The van der Waals surface area contributed by atoms with E-state index in [-0.39, 0.29) is 12.5 Å². The first-order valence-corrected chi connectivity index (χ1v) is 11.7. The molecule has 5 heteroatoms. The number of aryl methyl sites for hydroxylation is 2. The molecular formula is C27H28N2O2S. The first kappa shape index (κ1) is 22.0. The van der Waals surface area contributed by atoms with Crippen LogP contribution in [0.15, 0.2) is 66.7 Å². The lowest BCUT2D eigenvalue weighted by Gasteiger charge is -2.20. The van der Waals surface area contributed by atoms with E-state index in [1.807, 2.05) is 54.6 Å². The SMILES string of the molecule is Cc1ccc2sc(N(Cc3ccccc3)C(=O)COc3ccc(C(C)C)cc3)nc2c1C. The Balaban J connectivity index is 1.59. The summed E-state index contributed by atoms with van der Waals surface area (Å²) in [5.74, 6) is 1.03. The molecule has 1 heterocycles. The lowest BCUT2D eigenvalue weighted by Crippen LogP contribution is -2.34. The van der Waals surface area contributed by atoms with Crippen molar-refractivity contribution >= 4 is 32.6 Å². The second kappa shape index (κ2) is 9.53. The third kappa shape index (κ3) is 4.83. The molecule has 0 atom stereocenters. The molecule has 1 amide bonds. The Morgan fingerprint density at radius 1 is 1.00 bits per heavy atom. The molecule has 0 bridgehead atoms. The largest absolute Gasteiger partial charge is 0.484 e. The van der Waals surface area contributed by atoms with Crippen LogP contribution in [0.3, 0.4) is 0 Å². The number of thiazole rings is 1. The van der Waals surface area contributed by atoms with Gasteiger partial charge < -0.3 is 4.74 Å². The normalized spacial score (nSPS) is 11.2. The van der Waals surface area contributed by atoms with Crippen molar-refractivity contribution in [2.45, 2.75) is 40.2 Å². The molecular weight excluding hydrogens is 416 g/mol. The Morgan fingerprint density at radius 2 is 1.72 bits per heavy atom. The zero-order chi connectivity index (χ0) is 22.7. The Morgan fingerprint density at radius 3 is 2.41 bits per heavy atom. The molecule has 0 aliphatic rings. The number of aromatic nitrogens is 1. The van der Waals surface area contributed by atoms with Gasteiger partial charge in [-0.15, -0.1) is 0 Å². The van der Waals surface area contributed by atoms with Crippen LogP contribution in [-0.2, 0) is 11.3 Å². The van der Waals surface area contributed by atoms with Crippen molar-refractivity contribution < 1.29 is 9.53 Å². The first-order valence-electron chi connectivity index (χ1n) is 10.9. The second-order valence-corrected chi connectivity index (χ2v) is 9.34. The van der Waals surface area contributed by atoms with E-state index in [4.69, 9.17) is 9.72 Å². The highest BCUT2D eigenvalue weighted by molar-refractivity contribution is 7.22. The van der Waals surface area contributed by atoms with Gasteiger partial charge in [0.1, 0.15) is 5.75 Å². The maximum atomic E-state index is 13.3. The number of amides is 1. The molecule has 0 unspecified atom stereocenters. The Labute approximate surface area is 193 Å². The van der Waals surface area contributed by atoms with Gasteiger partial charge in [-0.1, -0.05) is 73.7 Å². The van der Waals surface area contributed by atoms with Crippen LogP contribution in [0.1, 0.15) is 42.0 Å². The highest BCUT2D eigenvalue weighted by Crippen LogP contribution is 2.33. The maximum absolute atomic E-state index is 13.3. The molecule has 0 spiro atoms. The van der Waals surface area contributed by atoms with Crippen LogP contribution >= 0.6 is 11.3 Å². The van der Waals surface area contributed by atoms with Gasteiger partial charge in [0.25, 0.3) is 5.91 Å². The van der Waals surface area contributed by atoms with Crippen LogP contribution in [0.5, 0.6) is 5.75 Å². The average molecular weight is 445 g/mol. The molecule has 1 aromatic heterocycles. The van der Waals surface area contributed by atoms with E-state index in [0.717, 1.165) is 21.3 Å². The average Bonchev–Trinajstić information content (AvgIpc) is 3.24. The summed E-state index contributed by atoms with van der Waals surface area (Å²) in [5.41, 5.74) is 5.60. The minimum absolute atomic E-state index is 0.0399. The van der Waals surface area contributed by atoms with Crippen LogP contribution in [0.4, 0.5) is 5.13 Å². The van der Waals surface area contributed by atoms with Gasteiger partial charge in [-0.2, -0.15) is 0 Å².